The van der Waals surface area contributed by atoms with Crippen LogP contribution in [-0.4, -0.2) is 37.1 Å². The van der Waals surface area contributed by atoms with Gasteiger partial charge in [-0.1, -0.05) is 30.3 Å². The van der Waals surface area contributed by atoms with Crippen molar-refractivity contribution in [1.29, 1.82) is 0 Å². The highest BCUT2D eigenvalue weighted by Crippen LogP contribution is 2.27. The number of carbonyl (C=O) groups excluding carboxylic acids is 2. The second-order valence-corrected chi connectivity index (χ2v) is 7.70. The fraction of sp³-hybridized carbons (Fsp3) is 0.391. The van der Waals surface area contributed by atoms with Gasteiger partial charge in [0, 0.05) is 24.5 Å². The molecule has 0 aliphatic carbocycles. The van der Waals surface area contributed by atoms with Crippen molar-refractivity contribution in [3.63, 3.8) is 0 Å². The molecule has 3 N–H and O–H groups in total. The van der Waals surface area contributed by atoms with Gasteiger partial charge in [0.25, 0.3) is 5.91 Å². The average Bonchev–Trinajstić information content (AvgIpc) is 3.24. The van der Waals surface area contributed by atoms with E-state index < -0.39 is 6.10 Å². The lowest BCUT2D eigenvalue weighted by molar-refractivity contribution is -0.126. The van der Waals surface area contributed by atoms with Gasteiger partial charge in [0.2, 0.25) is 5.91 Å². The number of hydrogen-bond acceptors (Lipinski definition) is 4. The molecule has 1 saturated heterocycles. The molecule has 2 heterocycles. The summed E-state index contributed by atoms with van der Waals surface area (Å²) in [6.07, 6.45) is 3.38. The lowest BCUT2D eigenvalue weighted by Crippen LogP contribution is -2.36. The van der Waals surface area contributed by atoms with Gasteiger partial charge in [-0.2, -0.15) is 0 Å². The predicted octanol–water partition coefficient (Wildman–Crippen LogP) is 2.65. The maximum absolute atomic E-state index is 12.9. The van der Waals surface area contributed by atoms with E-state index >= 15 is 0 Å². The van der Waals surface area contributed by atoms with E-state index in [-0.39, 0.29) is 17.9 Å². The van der Waals surface area contributed by atoms with Crippen molar-refractivity contribution in [2.75, 3.05) is 23.3 Å². The van der Waals surface area contributed by atoms with E-state index in [1.54, 1.807) is 0 Å². The summed E-state index contributed by atoms with van der Waals surface area (Å²) in [4.78, 5) is 27.1. The maximum atomic E-state index is 12.9. The van der Waals surface area contributed by atoms with E-state index in [0.29, 0.717) is 25.1 Å². The number of ether oxygens (including phenoxy) is 1. The second kappa shape index (κ2) is 8.76. The SMILES string of the molecule is NC[C@H]1CC[C@@H](C(=O)Nc2ccc(CC(=O)N3CCCc4ccccc43)cc2)O1. The van der Waals surface area contributed by atoms with Gasteiger partial charge < -0.3 is 20.7 Å². The van der Waals surface area contributed by atoms with Crippen LogP contribution < -0.4 is 16.0 Å². The molecule has 0 radical (unpaired) electrons. The molecule has 2 aliphatic heterocycles. The van der Waals surface area contributed by atoms with Crippen LogP contribution in [0.3, 0.4) is 0 Å². The van der Waals surface area contributed by atoms with Crippen LogP contribution in [0.25, 0.3) is 0 Å². The average molecular weight is 393 g/mol. The van der Waals surface area contributed by atoms with Gasteiger partial charge in [-0.25, -0.2) is 0 Å². The molecule has 4 rings (SSSR count). The molecule has 2 aliphatic rings. The number of fused-ring (bicyclic) bond motifs is 1. The maximum Gasteiger partial charge on any atom is 0.253 e. The summed E-state index contributed by atoms with van der Waals surface area (Å²) in [5, 5.41) is 2.89. The molecule has 0 spiro atoms. The third-order valence-corrected chi connectivity index (χ3v) is 5.65. The quantitative estimate of drug-likeness (QED) is 0.818. The fourth-order valence-corrected chi connectivity index (χ4v) is 4.06. The molecule has 0 aromatic heterocycles. The van der Waals surface area contributed by atoms with Gasteiger partial charge >= 0.3 is 0 Å². The molecule has 29 heavy (non-hydrogen) atoms. The van der Waals surface area contributed by atoms with E-state index in [4.69, 9.17) is 10.5 Å². The van der Waals surface area contributed by atoms with Gasteiger partial charge in [0.15, 0.2) is 0 Å². The van der Waals surface area contributed by atoms with Crippen LogP contribution in [-0.2, 0) is 27.2 Å². The molecule has 6 nitrogen and oxygen atoms in total. The van der Waals surface area contributed by atoms with Gasteiger partial charge in [-0.15, -0.1) is 0 Å². The number of amides is 2. The molecule has 152 valence electrons. The van der Waals surface area contributed by atoms with Crippen LogP contribution in [0.2, 0.25) is 0 Å². The first kappa shape index (κ1) is 19.6. The Bertz CT molecular complexity index is 881. The van der Waals surface area contributed by atoms with Crippen molar-refractivity contribution in [2.45, 2.75) is 44.3 Å². The largest absolute Gasteiger partial charge is 0.364 e. The van der Waals surface area contributed by atoms with Crippen LogP contribution >= 0.6 is 0 Å². The summed E-state index contributed by atoms with van der Waals surface area (Å²) < 4.78 is 5.63. The first-order chi connectivity index (χ1) is 14.1. The molecule has 0 unspecified atom stereocenters. The lowest BCUT2D eigenvalue weighted by atomic mass is 10.0. The Hall–Kier alpha value is -2.70. The molecular formula is C23H27N3O3. The molecule has 0 bridgehead atoms. The number of anilines is 2. The van der Waals surface area contributed by atoms with Crippen LogP contribution in [0.15, 0.2) is 48.5 Å². The van der Waals surface area contributed by atoms with Crippen molar-refractivity contribution in [2.24, 2.45) is 5.73 Å². The topological polar surface area (TPSA) is 84.7 Å². The van der Waals surface area contributed by atoms with Crippen LogP contribution in [0.4, 0.5) is 11.4 Å². The van der Waals surface area contributed by atoms with Crippen molar-refractivity contribution in [3.8, 4) is 0 Å². The summed E-state index contributed by atoms with van der Waals surface area (Å²) in [5.41, 5.74) is 9.49. The smallest absolute Gasteiger partial charge is 0.253 e. The minimum Gasteiger partial charge on any atom is -0.364 e. The Balaban J connectivity index is 1.35. The third-order valence-electron chi connectivity index (χ3n) is 5.65. The number of nitrogens with zero attached hydrogens (tertiary/aromatic N) is 1. The number of para-hydroxylation sites is 1. The zero-order valence-corrected chi connectivity index (χ0v) is 16.5. The zero-order valence-electron chi connectivity index (χ0n) is 16.5. The molecular weight excluding hydrogens is 366 g/mol. The Labute approximate surface area is 171 Å². The standard InChI is InChI=1S/C23H27N3O3/c24-15-19-11-12-21(29-19)23(28)25-18-9-7-16(8-10-18)14-22(27)26-13-3-5-17-4-1-2-6-20(17)26/h1-2,4,6-10,19,21H,3,5,11-15,24H2,(H,25,28)/t19-,21+/m1/s1. The number of nitrogens with one attached hydrogen (secondary N) is 1. The molecule has 2 amide bonds. The third kappa shape index (κ3) is 4.49. The Morgan fingerprint density at radius 2 is 1.90 bits per heavy atom. The molecule has 0 saturated carbocycles. The van der Waals surface area contributed by atoms with Crippen molar-refractivity contribution >= 4 is 23.2 Å². The summed E-state index contributed by atoms with van der Waals surface area (Å²) in [6.45, 7) is 1.20. The lowest BCUT2D eigenvalue weighted by Gasteiger charge is -2.29. The highest BCUT2D eigenvalue weighted by Gasteiger charge is 2.29. The first-order valence-corrected chi connectivity index (χ1v) is 10.3. The van der Waals surface area contributed by atoms with Gasteiger partial charge in [0.1, 0.15) is 6.10 Å². The van der Waals surface area contributed by atoms with Gasteiger partial charge in [0.05, 0.1) is 12.5 Å². The van der Waals surface area contributed by atoms with Crippen molar-refractivity contribution in [3.05, 3.63) is 59.7 Å². The molecule has 6 heteroatoms. The number of aryl methyl sites for hydroxylation is 1. The highest BCUT2D eigenvalue weighted by molar-refractivity contribution is 5.96. The minimum atomic E-state index is -0.441. The normalized spacial score (nSPS) is 20.9. The first-order valence-electron chi connectivity index (χ1n) is 10.3. The van der Waals surface area contributed by atoms with Crippen LogP contribution in [0, 0.1) is 0 Å². The van der Waals surface area contributed by atoms with Crippen molar-refractivity contribution in [1.82, 2.24) is 0 Å². The van der Waals surface area contributed by atoms with Crippen LogP contribution in [0.5, 0.6) is 0 Å². The number of nitrogens with two attached hydrogens (primary N) is 1. The van der Waals surface area contributed by atoms with E-state index in [0.717, 1.165) is 37.1 Å². The van der Waals surface area contributed by atoms with E-state index in [2.05, 4.69) is 11.4 Å². The number of carbonyl (C=O) groups is 2. The van der Waals surface area contributed by atoms with Crippen LogP contribution in [0.1, 0.15) is 30.4 Å². The van der Waals surface area contributed by atoms with Gasteiger partial charge in [-0.05, 0) is 55.0 Å². The minimum absolute atomic E-state index is 0.0287. The van der Waals surface area contributed by atoms with Gasteiger partial charge in [-0.3, -0.25) is 9.59 Å². The van der Waals surface area contributed by atoms with E-state index in [1.807, 2.05) is 47.4 Å². The monoisotopic (exact) mass is 393 g/mol. The predicted molar refractivity (Wildman–Crippen MR) is 113 cm³/mol. The zero-order chi connectivity index (χ0) is 20.2. The molecule has 2 atom stereocenters. The second-order valence-electron chi connectivity index (χ2n) is 7.70. The summed E-state index contributed by atoms with van der Waals surface area (Å²) in [5.74, 6) is -0.0455. The molecule has 1 fully saturated rings. The highest BCUT2D eigenvalue weighted by atomic mass is 16.5. The Morgan fingerprint density at radius 1 is 1.10 bits per heavy atom. The Kier molecular flexibility index (Phi) is 5.92. The fourth-order valence-electron chi connectivity index (χ4n) is 4.06. The number of benzene rings is 2. The number of hydrogen-bond donors (Lipinski definition) is 2. The van der Waals surface area contributed by atoms with E-state index in [1.165, 1.54) is 5.56 Å². The molecule has 2 aromatic carbocycles. The summed E-state index contributed by atoms with van der Waals surface area (Å²) >= 11 is 0. The summed E-state index contributed by atoms with van der Waals surface area (Å²) in [6, 6.07) is 15.6. The number of rotatable bonds is 5. The Morgan fingerprint density at radius 3 is 2.66 bits per heavy atom. The molecule has 2 aromatic rings. The van der Waals surface area contributed by atoms with E-state index in [9.17, 15) is 9.59 Å². The summed E-state index contributed by atoms with van der Waals surface area (Å²) in [7, 11) is 0. The van der Waals surface area contributed by atoms with Crippen molar-refractivity contribution < 1.29 is 14.3 Å².